The fourth-order valence-corrected chi connectivity index (χ4v) is 4.85. The number of aliphatic imine (C=N–C) groups is 1. The van der Waals surface area contributed by atoms with Crippen molar-refractivity contribution in [2.75, 3.05) is 60.0 Å². The van der Waals surface area contributed by atoms with Crippen molar-refractivity contribution >= 4 is 5.96 Å². The van der Waals surface area contributed by atoms with Gasteiger partial charge in [-0.3, -0.25) is 9.89 Å². The highest BCUT2D eigenvalue weighted by molar-refractivity contribution is 5.79. The van der Waals surface area contributed by atoms with E-state index in [0.29, 0.717) is 5.54 Å². The van der Waals surface area contributed by atoms with Crippen molar-refractivity contribution in [3.05, 3.63) is 0 Å². The van der Waals surface area contributed by atoms with Gasteiger partial charge in [0, 0.05) is 38.8 Å². The van der Waals surface area contributed by atoms with Crippen molar-refractivity contribution in [2.45, 2.75) is 63.0 Å². The monoisotopic (exact) mass is 365 g/mol. The number of guanidine groups is 1. The zero-order chi connectivity index (χ0) is 18.2. The number of hydrogen-bond acceptors (Lipinski definition) is 4. The Bertz CT molecular complexity index is 443. The van der Waals surface area contributed by atoms with E-state index < -0.39 is 0 Å². The lowest BCUT2D eigenvalue weighted by molar-refractivity contribution is -0.0161. The molecule has 1 saturated carbocycles. The molecule has 2 N–H and O–H groups in total. The van der Waals surface area contributed by atoms with Crippen molar-refractivity contribution in [1.29, 1.82) is 0 Å². The maximum atomic E-state index is 5.86. The molecule has 1 aliphatic carbocycles. The Hall–Kier alpha value is -0.850. The second kappa shape index (κ2) is 9.90. The first-order valence-electron chi connectivity index (χ1n) is 10.7. The number of nitrogens with zero attached hydrogens (tertiary/aromatic N) is 3. The van der Waals surface area contributed by atoms with Gasteiger partial charge in [0.2, 0.25) is 0 Å². The SMILES string of the molecule is CN=C(NCC1CN(C)CCO1)NCC1(N2CCCCC2)CCCCC1. The van der Waals surface area contributed by atoms with Crippen LogP contribution in [0.1, 0.15) is 51.4 Å². The molecule has 2 saturated heterocycles. The van der Waals surface area contributed by atoms with Gasteiger partial charge in [0.1, 0.15) is 0 Å². The van der Waals surface area contributed by atoms with Crippen LogP contribution in [0.15, 0.2) is 4.99 Å². The van der Waals surface area contributed by atoms with Crippen molar-refractivity contribution in [3.8, 4) is 0 Å². The summed E-state index contributed by atoms with van der Waals surface area (Å²) in [6.45, 7) is 7.22. The maximum absolute atomic E-state index is 5.86. The maximum Gasteiger partial charge on any atom is 0.191 e. The lowest BCUT2D eigenvalue weighted by Gasteiger charge is -2.48. The molecule has 3 fully saturated rings. The Morgan fingerprint density at radius 3 is 2.46 bits per heavy atom. The second-order valence-corrected chi connectivity index (χ2v) is 8.39. The summed E-state index contributed by atoms with van der Waals surface area (Å²) in [7, 11) is 4.03. The van der Waals surface area contributed by atoms with Crippen LogP contribution in [-0.4, -0.2) is 87.4 Å². The van der Waals surface area contributed by atoms with E-state index in [0.717, 1.165) is 38.7 Å². The first-order valence-corrected chi connectivity index (χ1v) is 10.7. The summed E-state index contributed by atoms with van der Waals surface area (Å²) in [5, 5.41) is 7.14. The van der Waals surface area contributed by atoms with Gasteiger partial charge in [0.15, 0.2) is 5.96 Å². The van der Waals surface area contributed by atoms with Gasteiger partial charge < -0.3 is 20.3 Å². The van der Waals surface area contributed by atoms with Gasteiger partial charge in [-0.05, 0) is 45.8 Å². The summed E-state index contributed by atoms with van der Waals surface area (Å²) in [6.07, 6.45) is 11.2. The molecule has 0 spiro atoms. The van der Waals surface area contributed by atoms with E-state index in [1.165, 1.54) is 64.5 Å². The standard InChI is InChI=1S/C20H39N5O/c1-21-19(22-15-18-16-24(2)13-14-26-18)23-17-20(9-5-3-6-10-20)25-11-7-4-8-12-25/h18H,3-17H2,1-2H3,(H2,21,22,23). The molecule has 0 aromatic rings. The number of nitrogens with one attached hydrogen (secondary N) is 2. The lowest BCUT2D eigenvalue weighted by atomic mass is 9.79. The van der Waals surface area contributed by atoms with Crippen LogP contribution in [0, 0.1) is 0 Å². The molecule has 0 aromatic heterocycles. The fourth-order valence-electron chi connectivity index (χ4n) is 4.85. The third kappa shape index (κ3) is 5.33. The number of rotatable bonds is 5. The van der Waals surface area contributed by atoms with E-state index in [1.807, 2.05) is 7.05 Å². The molecule has 3 rings (SSSR count). The van der Waals surface area contributed by atoms with Gasteiger partial charge in [0.05, 0.1) is 12.7 Å². The predicted molar refractivity (Wildman–Crippen MR) is 108 cm³/mol. The van der Waals surface area contributed by atoms with Crippen LogP contribution in [0.25, 0.3) is 0 Å². The molecule has 0 amide bonds. The van der Waals surface area contributed by atoms with Gasteiger partial charge in [-0.15, -0.1) is 0 Å². The number of morpholine rings is 1. The van der Waals surface area contributed by atoms with Crippen molar-refractivity contribution < 1.29 is 4.74 Å². The van der Waals surface area contributed by atoms with Crippen LogP contribution in [0.2, 0.25) is 0 Å². The van der Waals surface area contributed by atoms with Crippen LogP contribution in [0.4, 0.5) is 0 Å². The molecule has 0 radical (unpaired) electrons. The van der Waals surface area contributed by atoms with Crippen molar-refractivity contribution in [3.63, 3.8) is 0 Å². The van der Waals surface area contributed by atoms with E-state index in [9.17, 15) is 0 Å². The lowest BCUT2D eigenvalue weighted by Crippen LogP contribution is -2.59. The van der Waals surface area contributed by atoms with Crippen LogP contribution < -0.4 is 10.6 Å². The molecule has 2 heterocycles. The molecular weight excluding hydrogens is 326 g/mol. The van der Waals surface area contributed by atoms with E-state index in [1.54, 1.807) is 0 Å². The van der Waals surface area contributed by atoms with Gasteiger partial charge in [-0.2, -0.15) is 0 Å². The topological polar surface area (TPSA) is 52.1 Å². The Labute approximate surface area is 159 Å². The summed E-state index contributed by atoms with van der Waals surface area (Å²) >= 11 is 0. The molecule has 1 atom stereocenters. The summed E-state index contributed by atoms with van der Waals surface area (Å²) in [4.78, 5) is 9.58. The molecule has 1 unspecified atom stereocenters. The Kier molecular flexibility index (Phi) is 7.58. The van der Waals surface area contributed by atoms with Crippen molar-refractivity contribution in [1.82, 2.24) is 20.4 Å². The summed E-state index contributed by atoms with van der Waals surface area (Å²) in [6, 6.07) is 0. The Morgan fingerprint density at radius 1 is 1.04 bits per heavy atom. The van der Waals surface area contributed by atoms with Gasteiger partial charge in [-0.25, -0.2) is 0 Å². The molecule has 0 aromatic carbocycles. The third-order valence-electron chi connectivity index (χ3n) is 6.46. The molecule has 26 heavy (non-hydrogen) atoms. The minimum Gasteiger partial charge on any atom is -0.374 e. The molecule has 0 bridgehead atoms. The second-order valence-electron chi connectivity index (χ2n) is 8.39. The zero-order valence-electron chi connectivity index (χ0n) is 16.9. The smallest absolute Gasteiger partial charge is 0.191 e. The quantitative estimate of drug-likeness (QED) is 0.573. The average Bonchev–Trinajstić information content (AvgIpc) is 2.69. The summed E-state index contributed by atoms with van der Waals surface area (Å²) < 4.78 is 5.86. The molecular formula is C20H39N5O. The van der Waals surface area contributed by atoms with E-state index in [-0.39, 0.29) is 6.10 Å². The third-order valence-corrected chi connectivity index (χ3v) is 6.46. The number of hydrogen-bond donors (Lipinski definition) is 2. The summed E-state index contributed by atoms with van der Waals surface area (Å²) in [5.74, 6) is 0.920. The predicted octanol–water partition coefficient (Wildman–Crippen LogP) is 1.67. The van der Waals surface area contributed by atoms with Crippen LogP contribution in [0.5, 0.6) is 0 Å². The van der Waals surface area contributed by atoms with Gasteiger partial charge in [-0.1, -0.05) is 25.7 Å². The normalized spacial score (nSPS) is 28.7. The number of piperidine rings is 1. The summed E-state index contributed by atoms with van der Waals surface area (Å²) in [5.41, 5.74) is 0.331. The number of ether oxygens (including phenoxy) is 1. The van der Waals surface area contributed by atoms with E-state index >= 15 is 0 Å². The Balaban J connectivity index is 1.51. The first kappa shape index (κ1) is 19.9. The van der Waals surface area contributed by atoms with Crippen LogP contribution in [-0.2, 0) is 4.74 Å². The van der Waals surface area contributed by atoms with Crippen molar-refractivity contribution in [2.24, 2.45) is 4.99 Å². The number of likely N-dealkylation sites (N-methyl/N-ethyl adjacent to an activating group) is 1. The van der Waals surface area contributed by atoms with Gasteiger partial charge >= 0.3 is 0 Å². The van der Waals surface area contributed by atoms with Crippen LogP contribution in [0.3, 0.4) is 0 Å². The molecule has 6 nitrogen and oxygen atoms in total. The Morgan fingerprint density at radius 2 is 1.77 bits per heavy atom. The average molecular weight is 366 g/mol. The van der Waals surface area contributed by atoms with Gasteiger partial charge in [0.25, 0.3) is 0 Å². The number of likely N-dealkylation sites (tertiary alicyclic amines) is 1. The van der Waals surface area contributed by atoms with E-state index in [2.05, 4.69) is 32.5 Å². The highest BCUT2D eigenvalue weighted by Crippen LogP contribution is 2.35. The zero-order valence-corrected chi connectivity index (χ0v) is 16.9. The largest absolute Gasteiger partial charge is 0.374 e. The minimum atomic E-state index is 0.248. The minimum absolute atomic E-state index is 0.248. The first-order chi connectivity index (χ1) is 12.7. The fraction of sp³-hybridized carbons (Fsp3) is 0.950. The molecule has 150 valence electrons. The highest BCUT2D eigenvalue weighted by Gasteiger charge is 2.38. The van der Waals surface area contributed by atoms with E-state index in [4.69, 9.17) is 4.74 Å². The van der Waals surface area contributed by atoms with Crippen LogP contribution >= 0.6 is 0 Å². The molecule has 6 heteroatoms. The molecule has 3 aliphatic rings. The molecule has 2 aliphatic heterocycles. The highest BCUT2D eigenvalue weighted by atomic mass is 16.5.